The van der Waals surface area contributed by atoms with Gasteiger partial charge in [-0.25, -0.2) is 0 Å². The molecule has 0 saturated heterocycles. The van der Waals surface area contributed by atoms with Gasteiger partial charge in [-0.15, -0.1) is 0 Å². The van der Waals surface area contributed by atoms with Crippen LogP contribution < -0.4 is 21.3 Å². The summed E-state index contributed by atoms with van der Waals surface area (Å²) in [6.45, 7) is 21.0. The molecule has 0 bridgehead atoms. The van der Waals surface area contributed by atoms with Gasteiger partial charge in [0.25, 0.3) is 6.71 Å². The Morgan fingerprint density at radius 2 is 1.11 bits per heavy atom. The molecule has 0 N–H and O–H groups in total. The van der Waals surface area contributed by atoms with Crippen molar-refractivity contribution in [1.82, 2.24) is 4.57 Å². The van der Waals surface area contributed by atoms with E-state index in [-0.39, 0.29) is 23.0 Å². The van der Waals surface area contributed by atoms with Gasteiger partial charge in [0.2, 0.25) is 0 Å². The first kappa shape index (κ1) is 28.3. The monoisotopic (exact) mass is 586 g/mol. The molecule has 0 unspecified atom stereocenters. The first-order valence-electron chi connectivity index (χ1n) is 16.5. The van der Waals surface area contributed by atoms with Crippen molar-refractivity contribution in [3.63, 3.8) is 0 Å². The quantitative estimate of drug-likeness (QED) is 0.174. The van der Waals surface area contributed by atoms with E-state index in [9.17, 15) is 0 Å². The van der Waals surface area contributed by atoms with Crippen LogP contribution in [0.4, 0.5) is 17.1 Å². The highest BCUT2D eigenvalue weighted by Gasteiger charge is 2.43. The summed E-state index contributed by atoms with van der Waals surface area (Å²) < 4.78 is 2.56. The second kappa shape index (κ2) is 9.16. The molecule has 0 fully saturated rings. The van der Waals surface area contributed by atoms with E-state index in [4.69, 9.17) is 0 Å². The number of hydrogen-bond acceptors (Lipinski definition) is 1. The number of hydrogen-bond donors (Lipinski definition) is 0. The lowest BCUT2D eigenvalue weighted by atomic mass is 9.33. The van der Waals surface area contributed by atoms with Gasteiger partial charge in [0, 0.05) is 39.0 Å². The molecular weight excluding hydrogens is 543 g/mol. The minimum absolute atomic E-state index is 0.0271. The fourth-order valence-electron chi connectivity index (χ4n) is 7.71. The molecule has 224 valence electrons. The Bertz CT molecular complexity index is 2160. The van der Waals surface area contributed by atoms with Crippen molar-refractivity contribution in [3.8, 4) is 5.69 Å². The van der Waals surface area contributed by atoms with E-state index in [1.54, 1.807) is 0 Å². The lowest BCUT2D eigenvalue weighted by Crippen LogP contribution is -2.60. The molecule has 3 heteroatoms. The van der Waals surface area contributed by atoms with Crippen LogP contribution in [-0.2, 0) is 16.2 Å². The van der Waals surface area contributed by atoms with Crippen LogP contribution in [0.2, 0.25) is 0 Å². The van der Waals surface area contributed by atoms with Crippen LogP contribution in [0.15, 0.2) is 97.1 Å². The van der Waals surface area contributed by atoms with E-state index >= 15 is 0 Å². The van der Waals surface area contributed by atoms with Crippen molar-refractivity contribution in [3.05, 3.63) is 114 Å². The Labute approximate surface area is 268 Å². The molecule has 0 amide bonds. The highest BCUT2D eigenvalue weighted by molar-refractivity contribution is 7.00. The van der Waals surface area contributed by atoms with Gasteiger partial charge in [-0.2, -0.15) is 0 Å². The predicted octanol–water partition coefficient (Wildman–Crippen LogP) is 9.29. The summed E-state index contributed by atoms with van der Waals surface area (Å²) >= 11 is 0. The van der Waals surface area contributed by atoms with E-state index in [2.05, 4.69) is 169 Å². The smallest absolute Gasteiger partial charge is 0.252 e. The number of fused-ring (bicyclic) bond motifs is 7. The normalized spacial score (nSPS) is 14.2. The number of nitrogens with zero attached hydrogens (tertiary/aromatic N) is 2. The van der Waals surface area contributed by atoms with Crippen LogP contribution in [0.25, 0.3) is 27.5 Å². The number of anilines is 3. The van der Waals surface area contributed by atoms with Gasteiger partial charge < -0.3 is 9.47 Å². The van der Waals surface area contributed by atoms with Gasteiger partial charge in [0.1, 0.15) is 0 Å². The van der Waals surface area contributed by atoms with Gasteiger partial charge in [0.15, 0.2) is 0 Å². The van der Waals surface area contributed by atoms with Crippen molar-refractivity contribution in [1.29, 1.82) is 0 Å². The average molecular weight is 587 g/mol. The van der Waals surface area contributed by atoms with Crippen molar-refractivity contribution in [2.45, 2.75) is 78.6 Å². The molecule has 0 atom stereocenters. The number of benzene rings is 5. The third kappa shape index (κ3) is 4.09. The highest BCUT2D eigenvalue weighted by atomic mass is 15.2. The second-order valence-corrected chi connectivity index (χ2v) is 16.4. The Morgan fingerprint density at radius 3 is 1.80 bits per heavy atom. The maximum atomic E-state index is 2.56. The summed E-state index contributed by atoms with van der Waals surface area (Å²) in [7, 11) is 0. The Hall–Kier alpha value is -4.24. The number of rotatable bonds is 1. The topological polar surface area (TPSA) is 8.17 Å². The molecular formula is C42H43BN2. The van der Waals surface area contributed by atoms with E-state index < -0.39 is 0 Å². The zero-order valence-electron chi connectivity index (χ0n) is 28.2. The highest BCUT2D eigenvalue weighted by Crippen LogP contribution is 2.43. The first-order chi connectivity index (χ1) is 21.2. The number of aromatic nitrogens is 1. The Kier molecular flexibility index (Phi) is 5.75. The maximum Gasteiger partial charge on any atom is 0.252 e. The van der Waals surface area contributed by atoms with E-state index in [0.29, 0.717) is 0 Å². The van der Waals surface area contributed by atoms with Gasteiger partial charge in [-0.3, -0.25) is 0 Å². The molecule has 0 aliphatic carbocycles. The summed E-state index contributed by atoms with van der Waals surface area (Å²) in [6.07, 6.45) is 0. The summed E-state index contributed by atoms with van der Waals surface area (Å²) in [5.41, 5.74) is 16.2. The third-order valence-electron chi connectivity index (χ3n) is 10.2. The van der Waals surface area contributed by atoms with Gasteiger partial charge in [-0.05, 0) is 91.8 Å². The summed E-state index contributed by atoms with van der Waals surface area (Å²) in [5, 5.41) is 2.69. The van der Waals surface area contributed by atoms with Gasteiger partial charge >= 0.3 is 0 Å². The van der Waals surface area contributed by atoms with E-state index in [1.807, 2.05) is 0 Å². The van der Waals surface area contributed by atoms with Crippen LogP contribution in [0, 0.1) is 0 Å². The van der Waals surface area contributed by atoms with Crippen LogP contribution in [-0.4, -0.2) is 11.3 Å². The molecule has 3 heterocycles. The molecule has 2 aliphatic rings. The average Bonchev–Trinajstić information content (AvgIpc) is 3.32. The minimum atomic E-state index is 0.0271. The lowest BCUT2D eigenvalue weighted by molar-refractivity contribution is 0.590. The van der Waals surface area contributed by atoms with Crippen LogP contribution >= 0.6 is 0 Å². The SMILES string of the molecule is CC(C)(C)c1ccc(N2c3ccc(C(C)(C)C)cc3B3c4c2cccc4-n2c4ccccc4c4cc(C(C)(C)C)cc3c42)cc1. The molecule has 2 nitrogen and oxygen atoms in total. The molecule has 1 aromatic heterocycles. The molecule has 0 radical (unpaired) electrons. The van der Waals surface area contributed by atoms with Crippen LogP contribution in [0.1, 0.15) is 79.0 Å². The Balaban J connectivity index is 1.51. The number of para-hydroxylation sites is 1. The van der Waals surface area contributed by atoms with Crippen LogP contribution in [0.3, 0.4) is 0 Å². The first-order valence-corrected chi connectivity index (χ1v) is 16.5. The molecule has 0 spiro atoms. The van der Waals surface area contributed by atoms with Crippen molar-refractivity contribution < 1.29 is 0 Å². The molecule has 45 heavy (non-hydrogen) atoms. The zero-order chi connectivity index (χ0) is 31.6. The second-order valence-electron chi connectivity index (χ2n) is 16.4. The molecule has 0 saturated carbocycles. The minimum Gasteiger partial charge on any atom is -0.311 e. The molecule has 2 aliphatic heterocycles. The van der Waals surface area contributed by atoms with Crippen LogP contribution in [0.5, 0.6) is 0 Å². The fourth-order valence-corrected chi connectivity index (χ4v) is 7.71. The lowest BCUT2D eigenvalue weighted by Gasteiger charge is -2.41. The fraction of sp³-hybridized carbons (Fsp3) is 0.286. The predicted molar refractivity (Wildman–Crippen MR) is 196 cm³/mol. The maximum absolute atomic E-state index is 2.56. The van der Waals surface area contributed by atoms with Gasteiger partial charge in [-0.1, -0.05) is 117 Å². The van der Waals surface area contributed by atoms with Crippen molar-refractivity contribution >= 4 is 62.0 Å². The molecule has 5 aromatic carbocycles. The molecule has 8 rings (SSSR count). The van der Waals surface area contributed by atoms with Crippen molar-refractivity contribution in [2.75, 3.05) is 4.90 Å². The molecule has 6 aromatic rings. The largest absolute Gasteiger partial charge is 0.311 e. The summed E-state index contributed by atoms with van der Waals surface area (Å²) in [4.78, 5) is 2.52. The standard InChI is InChI=1S/C42H43BN2/c1-40(2,3)26-17-20-29(21-18-26)44-35-22-19-27(41(4,5)6)24-32(35)43-33-25-28(42(7,8)9)23-31-30-13-10-11-14-34(30)45(39(31)33)37-16-12-15-36(44)38(37)43/h10-25H,1-9H3. The van der Waals surface area contributed by atoms with E-state index in [1.165, 1.54) is 77.6 Å². The van der Waals surface area contributed by atoms with E-state index in [0.717, 1.165) is 0 Å². The third-order valence-corrected chi connectivity index (χ3v) is 10.2. The summed E-state index contributed by atoms with van der Waals surface area (Å²) in [5.74, 6) is 0. The zero-order valence-corrected chi connectivity index (χ0v) is 28.2. The summed E-state index contributed by atoms with van der Waals surface area (Å²) in [6, 6.07) is 37.4. The van der Waals surface area contributed by atoms with Gasteiger partial charge in [0.05, 0.1) is 5.52 Å². The Morgan fingerprint density at radius 1 is 0.489 bits per heavy atom. The van der Waals surface area contributed by atoms with Crippen molar-refractivity contribution in [2.24, 2.45) is 0 Å².